The van der Waals surface area contributed by atoms with Gasteiger partial charge in [0, 0.05) is 23.7 Å². The second-order valence-corrected chi connectivity index (χ2v) is 6.34. The van der Waals surface area contributed by atoms with Crippen molar-refractivity contribution < 1.29 is 14.0 Å². The van der Waals surface area contributed by atoms with Crippen LogP contribution in [0, 0.1) is 11.7 Å². The molecule has 1 fully saturated rings. The predicted octanol–water partition coefficient (Wildman–Crippen LogP) is 4.12. The highest BCUT2D eigenvalue weighted by atomic mass is 35.5. The fourth-order valence-corrected chi connectivity index (χ4v) is 3.04. The minimum atomic E-state index is -0.505. The predicted molar refractivity (Wildman–Crippen MR) is 92.0 cm³/mol. The van der Waals surface area contributed by atoms with E-state index in [9.17, 15) is 14.0 Å². The SMILES string of the molecule is O=C(Nc1ccc(Cl)cc1Cl)C1CC(=O)N(c2ccc(F)cc2)C1. The van der Waals surface area contributed by atoms with Gasteiger partial charge in [-0.1, -0.05) is 23.2 Å². The monoisotopic (exact) mass is 366 g/mol. The second-order valence-electron chi connectivity index (χ2n) is 5.50. The summed E-state index contributed by atoms with van der Waals surface area (Å²) in [6, 6.07) is 10.4. The Bertz CT molecular complexity index is 796. The normalized spacial score (nSPS) is 17.2. The Hall–Kier alpha value is -2.11. The van der Waals surface area contributed by atoms with E-state index in [4.69, 9.17) is 23.2 Å². The van der Waals surface area contributed by atoms with Crippen molar-refractivity contribution >= 4 is 46.4 Å². The third-order valence-electron chi connectivity index (χ3n) is 3.82. The highest BCUT2D eigenvalue weighted by Gasteiger charge is 2.35. The van der Waals surface area contributed by atoms with Gasteiger partial charge in [0.05, 0.1) is 16.6 Å². The molecule has 4 nitrogen and oxygen atoms in total. The molecule has 1 atom stereocenters. The Morgan fingerprint density at radius 3 is 2.54 bits per heavy atom. The number of amides is 2. The summed E-state index contributed by atoms with van der Waals surface area (Å²) in [5.41, 5.74) is 1.01. The number of carbonyl (C=O) groups is 2. The summed E-state index contributed by atoms with van der Waals surface area (Å²) < 4.78 is 13.0. The Morgan fingerprint density at radius 2 is 1.88 bits per heavy atom. The number of anilines is 2. The number of rotatable bonds is 3. The number of nitrogens with zero attached hydrogens (tertiary/aromatic N) is 1. The molecule has 24 heavy (non-hydrogen) atoms. The van der Waals surface area contributed by atoms with Crippen LogP contribution in [0.4, 0.5) is 15.8 Å². The number of carbonyl (C=O) groups excluding carboxylic acids is 2. The first-order valence-electron chi connectivity index (χ1n) is 7.26. The molecule has 2 aromatic carbocycles. The molecule has 1 aliphatic rings. The van der Waals surface area contributed by atoms with Crippen LogP contribution in [0.2, 0.25) is 10.0 Å². The first kappa shape index (κ1) is 16.7. The van der Waals surface area contributed by atoms with Crippen molar-refractivity contribution in [3.8, 4) is 0 Å². The van der Waals surface area contributed by atoms with Crippen molar-refractivity contribution in [2.24, 2.45) is 5.92 Å². The van der Waals surface area contributed by atoms with Crippen molar-refractivity contribution in [2.75, 3.05) is 16.8 Å². The molecule has 0 bridgehead atoms. The summed E-state index contributed by atoms with van der Waals surface area (Å²) in [6.45, 7) is 0.238. The molecule has 0 aromatic heterocycles. The standard InChI is InChI=1S/C17H13Cl2FN2O2/c18-11-1-6-15(14(19)8-11)21-17(24)10-7-16(23)22(9-10)13-4-2-12(20)3-5-13/h1-6,8,10H,7,9H2,(H,21,24). The maximum atomic E-state index is 13.0. The molecule has 124 valence electrons. The van der Waals surface area contributed by atoms with E-state index in [1.165, 1.54) is 35.2 Å². The molecule has 1 N–H and O–H groups in total. The molecule has 0 saturated carbocycles. The van der Waals surface area contributed by atoms with Crippen LogP contribution in [0.1, 0.15) is 6.42 Å². The smallest absolute Gasteiger partial charge is 0.229 e. The summed E-state index contributed by atoms with van der Waals surface area (Å²) in [6.07, 6.45) is 0.0917. The maximum Gasteiger partial charge on any atom is 0.229 e. The molecule has 2 aromatic rings. The summed E-state index contributed by atoms with van der Waals surface area (Å²) in [5, 5.41) is 3.51. The van der Waals surface area contributed by atoms with Crippen molar-refractivity contribution in [3.63, 3.8) is 0 Å². The first-order chi connectivity index (χ1) is 11.4. The minimum absolute atomic E-state index is 0.0917. The van der Waals surface area contributed by atoms with Gasteiger partial charge in [-0.25, -0.2) is 4.39 Å². The molecule has 1 aliphatic heterocycles. The fourth-order valence-electron chi connectivity index (χ4n) is 2.58. The van der Waals surface area contributed by atoms with Gasteiger partial charge in [0.1, 0.15) is 5.82 Å². The van der Waals surface area contributed by atoms with E-state index in [-0.39, 0.29) is 30.6 Å². The van der Waals surface area contributed by atoms with Crippen LogP contribution in [-0.4, -0.2) is 18.4 Å². The Morgan fingerprint density at radius 1 is 1.17 bits per heavy atom. The van der Waals surface area contributed by atoms with Gasteiger partial charge < -0.3 is 10.2 Å². The average molecular weight is 367 g/mol. The van der Waals surface area contributed by atoms with Crippen LogP contribution in [-0.2, 0) is 9.59 Å². The van der Waals surface area contributed by atoms with E-state index < -0.39 is 5.92 Å². The van der Waals surface area contributed by atoms with Crippen LogP contribution >= 0.6 is 23.2 Å². The lowest BCUT2D eigenvalue weighted by Gasteiger charge is -2.17. The topological polar surface area (TPSA) is 49.4 Å². The van der Waals surface area contributed by atoms with E-state index in [0.29, 0.717) is 21.4 Å². The largest absolute Gasteiger partial charge is 0.324 e. The highest BCUT2D eigenvalue weighted by Crippen LogP contribution is 2.29. The lowest BCUT2D eigenvalue weighted by atomic mass is 10.1. The highest BCUT2D eigenvalue weighted by molar-refractivity contribution is 6.36. The van der Waals surface area contributed by atoms with Gasteiger partial charge in [0.2, 0.25) is 11.8 Å². The second kappa shape index (κ2) is 6.79. The van der Waals surface area contributed by atoms with Gasteiger partial charge in [-0.3, -0.25) is 9.59 Å². The van der Waals surface area contributed by atoms with Crippen molar-refractivity contribution in [1.82, 2.24) is 0 Å². The van der Waals surface area contributed by atoms with E-state index >= 15 is 0 Å². The van der Waals surface area contributed by atoms with Gasteiger partial charge in [-0.05, 0) is 42.5 Å². The molecular weight excluding hydrogens is 354 g/mol. The maximum absolute atomic E-state index is 13.0. The quantitative estimate of drug-likeness (QED) is 0.887. The van der Waals surface area contributed by atoms with Gasteiger partial charge in [0.15, 0.2) is 0 Å². The van der Waals surface area contributed by atoms with Crippen LogP contribution in [0.3, 0.4) is 0 Å². The fraction of sp³-hybridized carbons (Fsp3) is 0.176. The molecule has 3 rings (SSSR count). The molecule has 0 spiro atoms. The molecule has 0 aliphatic carbocycles. The lowest BCUT2D eigenvalue weighted by Crippen LogP contribution is -2.28. The molecular formula is C17H13Cl2FN2O2. The van der Waals surface area contributed by atoms with Crippen molar-refractivity contribution in [1.29, 1.82) is 0 Å². The van der Waals surface area contributed by atoms with E-state index in [1.807, 2.05) is 0 Å². The number of hydrogen-bond donors (Lipinski definition) is 1. The van der Waals surface area contributed by atoms with E-state index in [0.717, 1.165) is 0 Å². The third-order valence-corrected chi connectivity index (χ3v) is 4.37. The first-order valence-corrected chi connectivity index (χ1v) is 8.01. The Labute approximate surface area is 148 Å². The zero-order valence-corrected chi connectivity index (χ0v) is 13.9. The van der Waals surface area contributed by atoms with Gasteiger partial charge in [0.25, 0.3) is 0 Å². The Balaban J connectivity index is 1.70. The molecule has 1 heterocycles. The summed E-state index contributed by atoms with van der Waals surface area (Å²) in [5.74, 6) is -1.35. The minimum Gasteiger partial charge on any atom is -0.324 e. The van der Waals surface area contributed by atoms with Crippen LogP contribution < -0.4 is 10.2 Å². The van der Waals surface area contributed by atoms with Crippen LogP contribution in [0.5, 0.6) is 0 Å². The van der Waals surface area contributed by atoms with Crippen LogP contribution in [0.25, 0.3) is 0 Å². The molecule has 0 radical (unpaired) electrons. The average Bonchev–Trinajstić information content (AvgIpc) is 2.93. The number of hydrogen-bond acceptors (Lipinski definition) is 2. The summed E-state index contributed by atoms with van der Waals surface area (Å²) in [7, 11) is 0. The van der Waals surface area contributed by atoms with Crippen molar-refractivity contribution in [3.05, 3.63) is 58.3 Å². The van der Waals surface area contributed by atoms with Gasteiger partial charge in [-0.15, -0.1) is 0 Å². The molecule has 7 heteroatoms. The van der Waals surface area contributed by atoms with E-state index in [1.54, 1.807) is 12.1 Å². The summed E-state index contributed by atoms with van der Waals surface area (Å²) in [4.78, 5) is 26.0. The molecule has 1 saturated heterocycles. The van der Waals surface area contributed by atoms with Gasteiger partial charge >= 0.3 is 0 Å². The number of benzene rings is 2. The van der Waals surface area contributed by atoms with Crippen LogP contribution in [0.15, 0.2) is 42.5 Å². The van der Waals surface area contributed by atoms with Gasteiger partial charge in [-0.2, -0.15) is 0 Å². The zero-order valence-electron chi connectivity index (χ0n) is 12.4. The number of halogens is 3. The lowest BCUT2D eigenvalue weighted by molar-refractivity contribution is -0.122. The molecule has 2 amide bonds. The molecule has 1 unspecified atom stereocenters. The third kappa shape index (κ3) is 3.52. The Kier molecular flexibility index (Phi) is 4.73. The summed E-state index contributed by atoms with van der Waals surface area (Å²) >= 11 is 11.9. The van der Waals surface area contributed by atoms with Crippen molar-refractivity contribution in [2.45, 2.75) is 6.42 Å². The van der Waals surface area contributed by atoms with E-state index in [2.05, 4.69) is 5.32 Å². The number of nitrogens with one attached hydrogen (secondary N) is 1. The zero-order chi connectivity index (χ0) is 17.3.